The number of rotatable bonds is 1. The average Bonchev–Trinajstić information content (AvgIpc) is 2.55. The average molecular weight is 164 g/mol. The molecule has 0 bridgehead atoms. The molecule has 0 fully saturated rings. The summed E-state index contributed by atoms with van der Waals surface area (Å²) in [6.45, 7) is 2.09. The summed E-state index contributed by atoms with van der Waals surface area (Å²) in [6.07, 6.45) is 3.61. The van der Waals surface area contributed by atoms with E-state index in [1.54, 1.807) is 17.5 Å². The van der Waals surface area contributed by atoms with E-state index >= 15 is 0 Å². The maximum absolute atomic E-state index is 4.17. The van der Waals surface area contributed by atoms with E-state index in [-0.39, 0.29) is 0 Å². The minimum Gasteiger partial charge on any atom is -0.345 e. The summed E-state index contributed by atoms with van der Waals surface area (Å²) >= 11 is 1.70. The molecule has 0 saturated heterocycles. The van der Waals surface area contributed by atoms with Crippen LogP contribution in [0.3, 0.4) is 0 Å². The number of imidazole rings is 1. The zero-order chi connectivity index (χ0) is 7.68. The maximum atomic E-state index is 4.17. The Morgan fingerprint density at radius 3 is 2.91 bits per heavy atom. The molecule has 1 N–H and O–H groups in total. The molecule has 0 amide bonds. The zero-order valence-corrected chi connectivity index (χ0v) is 6.98. The van der Waals surface area contributed by atoms with Gasteiger partial charge in [0.05, 0.1) is 0 Å². The molecule has 3 heteroatoms. The van der Waals surface area contributed by atoms with Gasteiger partial charge in [-0.25, -0.2) is 4.98 Å². The molecule has 56 valence electrons. The molecule has 0 unspecified atom stereocenters. The van der Waals surface area contributed by atoms with Crippen LogP contribution in [-0.4, -0.2) is 9.97 Å². The molecule has 0 aliphatic carbocycles. The summed E-state index contributed by atoms with van der Waals surface area (Å²) in [5, 5.41) is 4.23. The molecule has 2 heterocycles. The highest BCUT2D eigenvalue weighted by Gasteiger charge is 2.02. The molecule has 0 radical (unpaired) electrons. The SMILES string of the molecule is Cc1cscc1-c1ncc[nH]1. The quantitative estimate of drug-likeness (QED) is 0.689. The first-order valence-corrected chi connectivity index (χ1v) is 4.35. The van der Waals surface area contributed by atoms with Crippen molar-refractivity contribution in [2.75, 3.05) is 0 Å². The zero-order valence-electron chi connectivity index (χ0n) is 6.16. The third-order valence-electron chi connectivity index (χ3n) is 1.61. The minimum absolute atomic E-state index is 0.962. The van der Waals surface area contributed by atoms with Crippen LogP contribution in [0.15, 0.2) is 23.2 Å². The molecule has 0 atom stereocenters. The van der Waals surface area contributed by atoms with E-state index < -0.39 is 0 Å². The lowest BCUT2D eigenvalue weighted by Crippen LogP contribution is -1.78. The van der Waals surface area contributed by atoms with Crippen LogP contribution in [0.2, 0.25) is 0 Å². The van der Waals surface area contributed by atoms with Crippen LogP contribution >= 0.6 is 11.3 Å². The van der Waals surface area contributed by atoms with Gasteiger partial charge in [-0.1, -0.05) is 0 Å². The number of nitrogens with one attached hydrogen (secondary N) is 1. The Hall–Kier alpha value is -1.09. The van der Waals surface area contributed by atoms with Gasteiger partial charge < -0.3 is 4.98 Å². The number of aromatic nitrogens is 2. The number of hydrogen-bond donors (Lipinski definition) is 1. The summed E-state index contributed by atoms with van der Waals surface area (Å²) in [5.74, 6) is 0.962. The van der Waals surface area contributed by atoms with Crippen molar-refractivity contribution in [3.05, 3.63) is 28.7 Å². The van der Waals surface area contributed by atoms with Crippen LogP contribution in [0, 0.1) is 6.92 Å². The monoisotopic (exact) mass is 164 g/mol. The molecule has 11 heavy (non-hydrogen) atoms. The molecule has 2 nitrogen and oxygen atoms in total. The van der Waals surface area contributed by atoms with Gasteiger partial charge in [0.25, 0.3) is 0 Å². The minimum atomic E-state index is 0.962. The second kappa shape index (κ2) is 2.51. The van der Waals surface area contributed by atoms with E-state index in [4.69, 9.17) is 0 Å². The van der Waals surface area contributed by atoms with Gasteiger partial charge in [0.15, 0.2) is 0 Å². The van der Waals surface area contributed by atoms with Crippen molar-refractivity contribution in [2.45, 2.75) is 6.92 Å². The molecule has 0 aromatic carbocycles. The fraction of sp³-hybridized carbons (Fsp3) is 0.125. The Morgan fingerprint density at radius 1 is 1.45 bits per heavy atom. The Balaban J connectivity index is 2.53. The lowest BCUT2D eigenvalue weighted by atomic mass is 10.2. The van der Waals surface area contributed by atoms with E-state index in [0.717, 1.165) is 5.82 Å². The predicted octanol–water partition coefficient (Wildman–Crippen LogP) is 2.45. The molecule has 2 rings (SSSR count). The summed E-state index contributed by atoms with van der Waals surface area (Å²) in [6, 6.07) is 0. The fourth-order valence-corrected chi connectivity index (χ4v) is 1.85. The van der Waals surface area contributed by atoms with Crippen molar-refractivity contribution in [3.63, 3.8) is 0 Å². The van der Waals surface area contributed by atoms with E-state index in [9.17, 15) is 0 Å². The van der Waals surface area contributed by atoms with Crippen molar-refractivity contribution in [3.8, 4) is 11.4 Å². The van der Waals surface area contributed by atoms with Gasteiger partial charge in [-0.05, 0) is 17.9 Å². The normalized spacial score (nSPS) is 10.3. The first-order chi connectivity index (χ1) is 5.38. The van der Waals surface area contributed by atoms with Crippen LogP contribution in [0.25, 0.3) is 11.4 Å². The summed E-state index contributed by atoms with van der Waals surface area (Å²) in [7, 11) is 0. The number of thiophene rings is 1. The first-order valence-electron chi connectivity index (χ1n) is 3.40. The molecule has 2 aromatic rings. The van der Waals surface area contributed by atoms with Crippen LogP contribution in [0.5, 0.6) is 0 Å². The molecule has 2 aromatic heterocycles. The third kappa shape index (κ3) is 1.07. The second-order valence-electron chi connectivity index (χ2n) is 2.41. The highest BCUT2D eigenvalue weighted by atomic mass is 32.1. The largest absolute Gasteiger partial charge is 0.345 e. The Kier molecular flexibility index (Phi) is 1.51. The molecular weight excluding hydrogens is 156 g/mol. The number of nitrogens with zero attached hydrogens (tertiary/aromatic N) is 1. The Labute approximate surface area is 68.9 Å². The molecule has 0 saturated carbocycles. The molecular formula is C8H8N2S. The number of hydrogen-bond acceptors (Lipinski definition) is 2. The van der Waals surface area contributed by atoms with E-state index in [1.807, 2.05) is 6.20 Å². The molecule has 0 aliphatic heterocycles. The lowest BCUT2D eigenvalue weighted by Gasteiger charge is -1.91. The van der Waals surface area contributed by atoms with Gasteiger partial charge >= 0.3 is 0 Å². The van der Waals surface area contributed by atoms with Crippen LogP contribution in [-0.2, 0) is 0 Å². The van der Waals surface area contributed by atoms with Crippen molar-refractivity contribution >= 4 is 11.3 Å². The predicted molar refractivity (Wildman–Crippen MR) is 46.6 cm³/mol. The topological polar surface area (TPSA) is 28.7 Å². The van der Waals surface area contributed by atoms with E-state index in [2.05, 4.69) is 27.7 Å². The second-order valence-corrected chi connectivity index (χ2v) is 3.15. The molecule has 0 aliphatic rings. The Bertz CT molecular complexity index is 335. The van der Waals surface area contributed by atoms with Gasteiger partial charge in [-0.3, -0.25) is 0 Å². The van der Waals surface area contributed by atoms with E-state index in [0.29, 0.717) is 0 Å². The van der Waals surface area contributed by atoms with Crippen molar-refractivity contribution in [1.29, 1.82) is 0 Å². The third-order valence-corrected chi connectivity index (χ3v) is 2.47. The number of aromatic amines is 1. The van der Waals surface area contributed by atoms with Crippen LogP contribution in [0.4, 0.5) is 0 Å². The smallest absolute Gasteiger partial charge is 0.138 e. The molecule has 0 spiro atoms. The van der Waals surface area contributed by atoms with Crippen molar-refractivity contribution in [2.24, 2.45) is 0 Å². The standard InChI is InChI=1S/C8H8N2S/c1-6-4-11-5-7(6)8-9-2-3-10-8/h2-5H,1H3,(H,9,10). The summed E-state index contributed by atoms with van der Waals surface area (Å²) in [4.78, 5) is 7.25. The maximum Gasteiger partial charge on any atom is 0.138 e. The van der Waals surface area contributed by atoms with Gasteiger partial charge in [0.2, 0.25) is 0 Å². The van der Waals surface area contributed by atoms with Crippen LogP contribution < -0.4 is 0 Å². The summed E-state index contributed by atoms with van der Waals surface area (Å²) < 4.78 is 0. The van der Waals surface area contributed by atoms with Crippen molar-refractivity contribution < 1.29 is 0 Å². The highest BCUT2D eigenvalue weighted by Crippen LogP contribution is 2.22. The van der Waals surface area contributed by atoms with Gasteiger partial charge in [-0.2, -0.15) is 11.3 Å². The van der Waals surface area contributed by atoms with Crippen LogP contribution in [0.1, 0.15) is 5.56 Å². The number of H-pyrrole nitrogens is 1. The number of aryl methyl sites for hydroxylation is 1. The summed E-state index contributed by atoms with van der Waals surface area (Å²) in [5.41, 5.74) is 2.49. The highest BCUT2D eigenvalue weighted by molar-refractivity contribution is 7.08. The lowest BCUT2D eigenvalue weighted by molar-refractivity contribution is 1.30. The van der Waals surface area contributed by atoms with Gasteiger partial charge in [0, 0.05) is 23.3 Å². The Morgan fingerprint density at radius 2 is 2.36 bits per heavy atom. The van der Waals surface area contributed by atoms with Gasteiger partial charge in [-0.15, -0.1) is 0 Å². The van der Waals surface area contributed by atoms with Crippen molar-refractivity contribution in [1.82, 2.24) is 9.97 Å². The van der Waals surface area contributed by atoms with Gasteiger partial charge in [0.1, 0.15) is 5.82 Å². The first kappa shape index (κ1) is 6.61. The fourth-order valence-electron chi connectivity index (χ4n) is 1.02. The van der Waals surface area contributed by atoms with E-state index in [1.165, 1.54) is 11.1 Å².